The van der Waals surface area contributed by atoms with Crippen molar-refractivity contribution in [2.75, 3.05) is 0 Å². The number of aromatic nitrogens is 5. The molecule has 5 nitrogen and oxygen atoms in total. The van der Waals surface area contributed by atoms with Crippen molar-refractivity contribution in [2.45, 2.75) is 19.8 Å². The number of nitrogens with zero attached hydrogens (tertiary/aromatic N) is 4. The summed E-state index contributed by atoms with van der Waals surface area (Å²) in [5.74, 6) is 0.0222. The lowest BCUT2D eigenvalue weighted by atomic mass is 10.0. The summed E-state index contributed by atoms with van der Waals surface area (Å²) in [4.78, 5) is 12.0. The molecule has 126 valence electrons. The number of fused-ring (bicyclic) bond motifs is 1. The third kappa shape index (κ3) is 2.69. The summed E-state index contributed by atoms with van der Waals surface area (Å²) in [7, 11) is 1.87. The number of hydrogen-bond acceptors (Lipinski definition) is 3. The van der Waals surface area contributed by atoms with E-state index < -0.39 is 0 Å². The molecule has 0 aliphatic rings. The molecule has 0 bridgehead atoms. The van der Waals surface area contributed by atoms with E-state index >= 15 is 0 Å². The number of aryl methyl sites for hydroxylation is 1. The van der Waals surface area contributed by atoms with Crippen LogP contribution in [0.15, 0.2) is 42.9 Å². The maximum Gasteiger partial charge on any atom is 0.141 e. The first-order valence-corrected chi connectivity index (χ1v) is 8.16. The molecule has 0 unspecified atom stereocenters. The van der Waals surface area contributed by atoms with Gasteiger partial charge in [0.15, 0.2) is 0 Å². The summed E-state index contributed by atoms with van der Waals surface area (Å²) in [5, 5.41) is 5.58. The first-order valence-electron chi connectivity index (χ1n) is 8.16. The molecule has 25 heavy (non-hydrogen) atoms. The fourth-order valence-corrected chi connectivity index (χ4v) is 2.98. The molecule has 0 aliphatic carbocycles. The normalized spacial score (nSPS) is 11.6. The average molecular weight is 335 g/mol. The van der Waals surface area contributed by atoms with E-state index in [4.69, 9.17) is 0 Å². The Kier molecular flexibility index (Phi) is 3.60. The number of rotatable bonds is 3. The van der Waals surface area contributed by atoms with E-state index in [2.05, 4.69) is 40.0 Å². The molecule has 4 aromatic rings. The van der Waals surface area contributed by atoms with Crippen LogP contribution in [0.2, 0.25) is 0 Å². The van der Waals surface area contributed by atoms with Gasteiger partial charge in [0.2, 0.25) is 0 Å². The van der Waals surface area contributed by atoms with Crippen molar-refractivity contribution in [2.24, 2.45) is 7.05 Å². The SMILES string of the molecule is CC(C)c1cc2c(-c3cn(C)nc3-c3ccc(F)cn3)ccnc2[nH]1. The van der Waals surface area contributed by atoms with Gasteiger partial charge in [-0.1, -0.05) is 13.8 Å². The Labute approximate surface area is 144 Å². The lowest BCUT2D eigenvalue weighted by molar-refractivity contribution is 0.621. The van der Waals surface area contributed by atoms with E-state index in [9.17, 15) is 4.39 Å². The first kappa shape index (κ1) is 15.5. The summed E-state index contributed by atoms with van der Waals surface area (Å²) in [6.45, 7) is 4.28. The predicted molar refractivity (Wildman–Crippen MR) is 95.6 cm³/mol. The second-order valence-electron chi connectivity index (χ2n) is 6.43. The van der Waals surface area contributed by atoms with E-state index in [1.54, 1.807) is 16.9 Å². The lowest BCUT2D eigenvalue weighted by Gasteiger charge is -2.03. The van der Waals surface area contributed by atoms with Crippen molar-refractivity contribution in [3.63, 3.8) is 0 Å². The Bertz CT molecular complexity index is 1040. The molecule has 0 radical (unpaired) electrons. The Balaban J connectivity index is 1.93. The van der Waals surface area contributed by atoms with E-state index in [1.807, 2.05) is 19.3 Å². The zero-order valence-corrected chi connectivity index (χ0v) is 14.3. The molecule has 0 amide bonds. The summed E-state index contributed by atoms with van der Waals surface area (Å²) in [5.41, 5.74) is 5.33. The Hall–Kier alpha value is -3.02. The highest BCUT2D eigenvalue weighted by Crippen LogP contribution is 2.35. The maximum atomic E-state index is 13.2. The van der Waals surface area contributed by atoms with Crippen LogP contribution in [-0.4, -0.2) is 24.7 Å². The van der Waals surface area contributed by atoms with Gasteiger partial charge in [-0.15, -0.1) is 0 Å². The molecule has 0 saturated carbocycles. The minimum atomic E-state index is -0.361. The van der Waals surface area contributed by atoms with Crippen LogP contribution in [0.4, 0.5) is 4.39 Å². The predicted octanol–water partition coefficient (Wildman–Crippen LogP) is 4.29. The van der Waals surface area contributed by atoms with Crippen LogP contribution >= 0.6 is 0 Å². The van der Waals surface area contributed by atoms with Crippen LogP contribution in [0.1, 0.15) is 25.5 Å². The molecule has 4 heterocycles. The highest BCUT2D eigenvalue weighted by Gasteiger charge is 2.17. The van der Waals surface area contributed by atoms with Gasteiger partial charge in [0, 0.05) is 36.1 Å². The number of pyridine rings is 2. The van der Waals surface area contributed by atoms with Crippen molar-refractivity contribution >= 4 is 11.0 Å². The second kappa shape index (κ2) is 5.81. The quantitative estimate of drug-likeness (QED) is 0.607. The third-order valence-electron chi connectivity index (χ3n) is 4.26. The Morgan fingerprint density at radius 3 is 2.68 bits per heavy atom. The lowest BCUT2D eigenvalue weighted by Crippen LogP contribution is -1.90. The standard InChI is InChI=1S/C19H18FN5/c1-11(2)17-8-14-13(6-7-21-19(14)23-17)15-10-25(3)24-18(15)16-5-4-12(20)9-22-16/h4-11H,1-3H3,(H,21,23). The van der Waals surface area contributed by atoms with Gasteiger partial charge in [0.25, 0.3) is 0 Å². The molecule has 0 saturated heterocycles. The first-order chi connectivity index (χ1) is 12.0. The van der Waals surface area contributed by atoms with Gasteiger partial charge in [-0.2, -0.15) is 5.10 Å². The minimum Gasteiger partial charge on any atom is -0.343 e. The molecule has 1 N–H and O–H groups in total. The van der Waals surface area contributed by atoms with Crippen LogP contribution in [0, 0.1) is 5.82 Å². The number of nitrogens with one attached hydrogen (secondary N) is 1. The van der Waals surface area contributed by atoms with Crippen LogP contribution in [0.25, 0.3) is 33.5 Å². The van der Waals surface area contributed by atoms with Crippen molar-refractivity contribution in [3.8, 4) is 22.5 Å². The zero-order chi connectivity index (χ0) is 17.6. The third-order valence-corrected chi connectivity index (χ3v) is 4.26. The molecule has 6 heteroatoms. The van der Waals surface area contributed by atoms with Gasteiger partial charge in [-0.05, 0) is 35.7 Å². The van der Waals surface area contributed by atoms with E-state index in [1.165, 1.54) is 12.3 Å². The molecule has 0 spiro atoms. The van der Waals surface area contributed by atoms with E-state index in [0.717, 1.165) is 33.5 Å². The van der Waals surface area contributed by atoms with Crippen LogP contribution in [-0.2, 0) is 7.05 Å². The average Bonchev–Trinajstić information content (AvgIpc) is 3.19. The maximum absolute atomic E-state index is 13.2. The largest absolute Gasteiger partial charge is 0.343 e. The molecule has 0 fully saturated rings. The molecular weight excluding hydrogens is 317 g/mol. The van der Waals surface area contributed by atoms with E-state index in [-0.39, 0.29) is 5.82 Å². The van der Waals surface area contributed by atoms with Crippen molar-refractivity contribution in [3.05, 3.63) is 54.4 Å². The fraction of sp³-hybridized carbons (Fsp3) is 0.211. The van der Waals surface area contributed by atoms with E-state index in [0.29, 0.717) is 11.6 Å². The number of hydrogen-bond donors (Lipinski definition) is 1. The topological polar surface area (TPSA) is 59.4 Å². The van der Waals surface area contributed by atoms with Crippen molar-refractivity contribution < 1.29 is 4.39 Å². The van der Waals surface area contributed by atoms with Gasteiger partial charge < -0.3 is 4.98 Å². The van der Waals surface area contributed by atoms with Crippen LogP contribution in [0.3, 0.4) is 0 Å². The summed E-state index contributed by atoms with van der Waals surface area (Å²) in [6, 6.07) is 7.16. The Morgan fingerprint density at radius 1 is 1.12 bits per heavy atom. The highest BCUT2D eigenvalue weighted by molar-refractivity contribution is 5.97. The highest BCUT2D eigenvalue weighted by atomic mass is 19.1. The molecule has 0 aromatic carbocycles. The van der Waals surface area contributed by atoms with Gasteiger partial charge in [-0.25, -0.2) is 9.37 Å². The van der Waals surface area contributed by atoms with Crippen molar-refractivity contribution in [1.82, 2.24) is 24.7 Å². The molecule has 0 aliphatic heterocycles. The molecule has 4 aromatic heterocycles. The Morgan fingerprint density at radius 2 is 1.96 bits per heavy atom. The smallest absolute Gasteiger partial charge is 0.141 e. The fourth-order valence-electron chi connectivity index (χ4n) is 2.98. The van der Waals surface area contributed by atoms with Gasteiger partial charge >= 0.3 is 0 Å². The minimum absolute atomic E-state index is 0.361. The monoisotopic (exact) mass is 335 g/mol. The van der Waals surface area contributed by atoms with Crippen LogP contribution in [0.5, 0.6) is 0 Å². The second-order valence-corrected chi connectivity index (χ2v) is 6.43. The zero-order valence-electron chi connectivity index (χ0n) is 14.3. The van der Waals surface area contributed by atoms with Gasteiger partial charge in [0.05, 0.1) is 11.9 Å². The molecular formula is C19H18FN5. The van der Waals surface area contributed by atoms with Gasteiger partial charge in [-0.3, -0.25) is 9.67 Å². The van der Waals surface area contributed by atoms with Crippen molar-refractivity contribution in [1.29, 1.82) is 0 Å². The summed E-state index contributed by atoms with van der Waals surface area (Å²) >= 11 is 0. The summed E-state index contributed by atoms with van der Waals surface area (Å²) < 4.78 is 15.0. The summed E-state index contributed by atoms with van der Waals surface area (Å²) in [6.07, 6.45) is 4.95. The van der Waals surface area contributed by atoms with Crippen LogP contribution < -0.4 is 0 Å². The number of H-pyrrole nitrogens is 1. The molecule has 0 atom stereocenters. The number of aromatic amines is 1. The van der Waals surface area contributed by atoms with Gasteiger partial charge in [0.1, 0.15) is 17.2 Å². The number of halogens is 1. The molecule has 4 rings (SSSR count).